The first-order valence-electron chi connectivity index (χ1n) is 11.0. The zero-order valence-electron chi connectivity index (χ0n) is 18.9. The highest BCUT2D eigenvalue weighted by Gasteiger charge is 2.15. The minimum Gasteiger partial charge on any atom is -0.494 e. The second-order valence-electron chi connectivity index (χ2n) is 7.29. The fraction of sp³-hybridized carbons (Fsp3) is 0.375. The lowest BCUT2D eigenvalue weighted by atomic mass is 10.2. The van der Waals surface area contributed by atoms with Crippen molar-refractivity contribution in [1.29, 1.82) is 0 Å². The number of fused-ring (bicyclic) bond motifs is 1. The zero-order chi connectivity index (χ0) is 22.9. The van der Waals surface area contributed by atoms with Crippen LogP contribution in [0.15, 0.2) is 48.5 Å². The van der Waals surface area contributed by atoms with E-state index in [4.69, 9.17) is 4.74 Å². The highest BCUT2D eigenvalue weighted by molar-refractivity contribution is 5.99. The second kappa shape index (κ2) is 11.3. The number of hydrogen-bond donors (Lipinski definition) is 2. The average Bonchev–Trinajstić information content (AvgIpc) is 3.15. The van der Waals surface area contributed by atoms with Gasteiger partial charge in [-0.15, -0.1) is 0 Å². The van der Waals surface area contributed by atoms with Gasteiger partial charge in [-0.3, -0.25) is 14.9 Å². The Morgan fingerprint density at radius 2 is 1.75 bits per heavy atom. The number of ether oxygens (including phenoxy) is 1. The first kappa shape index (κ1) is 23.3. The summed E-state index contributed by atoms with van der Waals surface area (Å²) in [6.07, 6.45) is 0. The molecule has 0 spiro atoms. The Morgan fingerprint density at radius 1 is 1.03 bits per heavy atom. The van der Waals surface area contributed by atoms with Crippen molar-refractivity contribution < 1.29 is 14.3 Å². The molecule has 8 heteroatoms. The van der Waals surface area contributed by atoms with Crippen molar-refractivity contribution in [3.63, 3.8) is 0 Å². The number of hydrogen-bond acceptors (Lipinski definition) is 5. The minimum absolute atomic E-state index is 0.148. The van der Waals surface area contributed by atoms with Crippen LogP contribution in [0.25, 0.3) is 11.0 Å². The smallest absolute Gasteiger partial charge is 0.251 e. The molecule has 0 fully saturated rings. The van der Waals surface area contributed by atoms with Crippen molar-refractivity contribution in [3.8, 4) is 5.75 Å². The van der Waals surface area contributed by atoms with Gasteiger partial charge in [0.25, 0.3) is 5.91 Å². The third-order valence-electron chi connectivity index (χ3n) is 5.28. The summed E-state index contributed by atoms with van der Waals surface area (Å²) in [6.45, 7) is 10.1. The van der Waals surface area contributed by atoms with Gasteiger partial charge in [-0.05, 0) is 56.4 Å². The normalized spacial score (nSPS) is 11.0. The number of rotatable bonds is 11. The van der Waals surface area contributed by atoms with Gasteiger partial charge >= 0.3 is 0 Å². The van der Waals surface area contributed by atoms with Crippen LogP contribution in [-0.2, 0) is 11.3 Å². The Hall–Kier alpha value is -3.39. The van der Waals surface area contributed by atoms with Crippen LogP contribution in [0.3, 0.4) is 0 Å². The molecule has 0 saturated carbocycles. The summed E-state index contributed by atoms with van der Waals surface area (Å²) in [5.41, 5.74) is 2.25. The number of carbonyl (C=O) groups is 2. The number of benzene rings is 2. The van der Waals surface area contributed by atoms with Crippen molar-refractivity contribution in [3.05, 3.63) is 54.1 Å². The molecule has 0 radical (unpaired) electrons. The van der Waals surface area contributed by atoms with Crippen LogP contribution < -0.4 is 15.4 Å². The van der Waals surface area contributed by atoms with Gasteiger partial charge in [0.1, 0.15) is 5.75 Å². The van der Waals surface area contributed by atoms with Crippen molar-refractivity contribution in [2.75, 3.05) is 38.1 Å². The molecule has 1 heterocycles. The predicted octanol–water partition coefficient (Wildman–Crippen LogP) is 3.15. The Morgan fingerprint density at radius 3 is 2.44 bits per heavy atom. The van der Waals surface area contributed by atoms with Crippen molar-refractivity contribution in [1.82, 2.24) is 19.8 Å². The maximum atomic E-state index is 12.6. The number of nitrogens with one attached hydrogen (secondary N) is 2. The molecule has 8 nitrogen and oxygen atoms in total. The van der Waals surface area contributed by atoms with E-state index in [1.165, 1.54) is 0 Å². The number of imidazole rings is 1. The van der Waals surface area contributed by atoms with Gasteiger partial charge in [0.15, 0.2) is 0 Å². The molecule has 2 N–H and O–H groups in total. The zero-order valence-corrected chi connectivity index (χ0v) is 18.9. The van der Waals surface area contributed by atoms with Gasteiger partial charge in [-0.2, -0.15) is 0 Å². The largest absolute Gasteiger partial charge is 0.494 e. The highest BCUT2D eigenvalue weighted by atomic mass is 16.5. The predicted molar refractivity (Wildman–Crippen MR) is 126 cm³/mol. The Kier molecular flexibility index (Phi) is 8.21. The van der Waals surface area contributed by atoms with Crippen LogP contribution in [0.2, 0.25) is 0 Å². The molecule has 3 aromatic rings. The van der Waals surface area contributed by atoms with Crippen LogP contribution in [0, 0.1) is 0 Å². The van der Waals surface area contributed by atoms with Crippen molar-refractivity contribution in [2.24, 2.45) is 0 Å². The summed E-state index contributed by atoms with van der Waals surface area (Å²) in [6, 6.07) is 14.6. The standard InChI is InChI=1S/C24H31N5O3/c1-4-28(5-2)15-16-29-21-10-8-7-9-20(21)26-24(29)27-22(30)17-25-23(31)18-11-13-19(14-12-18)32-6-3/h7-14H,4-6,15-17H2,1-3H3,(H,25,31)(H,26,27,30). The summed E-state index contributed by atoms with van der Waals surface area (Å²) >= 11 is 0. The Balaban J connectivity index is 1.64. The van der Waals surface area contributed by atoms with E-state index in [1.807, 2.05) is 35.8 Å². The Bertz CT molecular complexity index is 1040. The highest BCUT2D eigenvalue weighted by Crippen LogP contribution is 2.19. The van der Waals surface area contributed by atoms with E-state index in [0.717, 1.165) is 30.7 Å². The van der Waals surface area contributed by atoms with Gasteiger partial charge < -0.3 is 19.5 Å². The molecule has 2 aromatic carbocycles. The molecule has 32 heavy (non-hydrogen) atoms. The topological polar surface area (TPSA) is 88.5 Å². The van der Waals surface area contributed by atoms with Crippen molar-refractivity contribution >= 4 is 28.8 Å². The number of carbonyl (C=O) groups excluding carboxylic acids is 2. The summed E-state index contributed by atoms with van der Waals surface area (Å²) < 4.78 is 7.40. The van der Waals surface area contributed by atoms with Crippen LogP contribution >= 0.6 is 0 Å². The lowest BCUT2D eigenvalue weighted by Gasteiger charge is -2.19. The monoisotopic (exact) mass is 437 g/mol. The van der Waals surface area contributed by atoms with Gasteiger partial charge in [0.05, 0.1) is 24.2 Å². The first-order valence-corrected chi connectivity index (χ1v) is 11.0. The quantitative estimate of drug-likeness (QED) is 0.481. The van der Waals surface area contributed by atoms with Crippen LogP contribution in [-0.4, -0.2) is 59.1 Å². The summed E-state index contributed by atoms with van der Waals surface area (Å²) in [5, 5.41) is 5.51. The number of amides is 2. The number of anilines is 1. The molecule has 3 rings (SSSR count). The van der Waals surface area contributed by atoms with E-state index in [0.29, 0.717) is 30.4 Å². The molecule has 0 aliphatic heterocycles. The molecule has 1 aromatic heterocycles. The lowest BCUT2D eigenvalue weighted by molar-refractivity contribution is -0.115. The third-order valence-corrected chi connectivity index (χ3v) is 5.28. The van der Waals surface area contributed by atoms with Gasteiger partial charge in [0.2, 0.25) is 11.9 Å². The Labute approximate surface area is 188 Å². The first-order chi connectivity index (χ1) is 15.5. The number of nitrogens with zero attached hydrogens (tertiary/aromatic N) is 3. The molecule has 0 aliphatic carbocycles. The van der Waals surface area contributed by atoms with E-state index in [-0.39, 0.29) is 18.4 Å². The van der Waals surface area contributed by atoms with E-state index in [9.17, 15) is 9.59 Å². The summed E-state index contributed by atoms with van der Waals surface area (Å²) in [7, 11) is 0. The second-order valence-corrected chi connectivity index (χ2v) is 7.29. The molecular formula is C24H31N5O3. The molecule has 0 aliphatic rings. The fourth-order valence-electron chi connectivity index (χ4n) is 3.48. The molecule has 170 valence electrons. The molecule has 0 unspecified atom stereocenters. The number of aromatic nitrogens is 2. The van der Waals surface area contributed by atoms with Crippen molar-refractivity contribution in [2.45, 2.75) is 27.3 Å². The SMILES string of the molecule is CCOc1ccc(C(=O)NCC(=O)Nc2nc3ccccc3n2CCN(CC)CC)cc1. The van der Waals surface area contributed by atoms with Crippen LogP contribution in [0.4, 0.5) is 5.95 Å². The molecule has 0 bridgehead atoms. The average molecular weight is 438 g/mol. The van der Waals surface area contributed by atoms with Gasteiger partial charge in [-0.25, -0.2) is 4.98 Å². The summed E-state index contributed by atoms with van der Waals surface area (Å²) in [5.74, 6) is 0.533. The minimum atomic E-state index is -0.330. The molecule has 2 amide bonds. The third kappa shape index (κ3) is 5.85. The molecular weight excluding hydrogens is 406 g/mol. The van der Waals surface area contributed by atoms with E-state index >= 15 is 0 Å². The number of likely N-dealkylation sites (N-methyl/N-ethyl adjacent to an activating group) is 1. The fourth-order valence-corrected chi connectivity index (χ4v) is 3.48. The molecule has 0 saturated heterocycles. The van der Waals surface area contributed by atoms with Gasteiger partial charge in [0, 0.05) is 18.7 Å². The molecule has 0 atom stereocenters. The van der Waals surface area contributed by atoms with Crippen LogP contribution in [0.1, 0.15) is 31.1 Å². The van der Waals surface area contributed by atoms with Gasteiger partial charge in [-0.1, -0.05) is 26.0 Å². The lowest BCUT2D eigenvalue weighted by Crippen LogP contribution is -2.33. The number of para-hydroxylation sites is 2. The maximum Gasteiger partial charge on any atom is 0.251 e. The summed E-state index contributed by atoms with van der Waals surface area (Å²) in [4.78, 5) is 31.8. The maximum absolute atomic E-state index is 12.6. The van der Waals surface area contributed by atoms with E-state index in [2.05, 4.69) is 34.4 Å². The van der Waals surface area contributed by atoms with E-state index < -0.39 is 0 Å². The van der Waals surface area contributed by atoms with Crippen LogP contribution in [0.5, 0.6) is 5.75 Å². The van der Waals surface area contributed by atoms with E-state index in [1.54, 1.807) is 24.3 Å².